The first-order valence-electron chi connectivity index (χ1n) is 11.9. The molecular formula is C26H32N4O4S. The number of aliphatic hydroxyl groups excluding tert-OH is 1. The monoisotopic (exact) mass is 496 g/mol. The Kier molecular flexibility index (Phi) is 7.37. The summed E-state index contributed by atoms with van der Waals surface area (Å²) in [6.07, 6.45) is 0.955. The molecule has 0 radical (unpaired) electrons. The number of benzene rings is 1. The van der Waals surface area contributed by atoms with Crippen LogP contribution in [0.5, 0.6) is 0 Å². The molecule has 3 heterocycles. The van der Waals surface area contributed by atoms with Crippen molar-refractivity contribution in [3.8, 4) is 10.4 Å². The first-order valence-corrected chi connectivity index (χ1v) is 12.8. The van der Waals surface area contributed by atoms with Crippen molar-refractivity contribution in [3.05, 3.63) is 58.6 Å². The van der Waals surface area contributed by atoms with Gasteiger partial charge in [-0.2, -0.15) is 0 Å². The number of hydrogen-bond acceptors (Lipinski definition) is 7. The fourth-order valence-electron chi connectivity index (χ4n) is 4.88. The number of amides is 2. The number of carbonyl (C=O) groups excluding carboxylic acids is 2. The molecule has 2 amide bonds. The van der Waals surface area contributed by atoms with Crippen molar-refractivity contribution in [1.82, 2.24) is 20.4 Å². The fraction of sp³-hybridized carbons (Fsp3) is 0.462. The van der Waals surface area contributed by atoms with E-state index in [9.17, 15) is 14.7 Å². The second-order valence-corrected chi connectivity index (χ2v) is 10.5. The number of hydrogen-bond donors (Lipinski definition) is 2. The molecule has 186 valence electrons. The first kappa shape index (κ1) is 25.1. The molecule has 2 aromatic heterocycles. The third-order valence-corrected chi connectivity index (χ3v) is 7.64. The quantitative estimate of drug-likeness (QED) is 0.512. The van der Waals surface area contributed by atoms with Crippen molar-refractivity contribution in [2.45, 2.75) is 65.1 Å². The van der Waals surface area contributed by atoms with Crippen LogP contribution in [0.4, 0.5) is 0 Å². The van der Waals surface area contributed by atoms with E-state index < -0.39 is 18.1 Å². The summed E-state index contributed by atoms with van der Waals surface area (Å²) in [7, 11) is 0. The summed E-state index contributed by atoms with van der Waals surface area (Å²) in [5, 5.41) is 17.1. The number of β-amino-alcohol motifs (C(OH)–C–C–N with tert-alkyl or cyclic N) is 1. The Hall–Kier alpha value is -3.04. The lowest BCUT2D eigenvalue weighted by molar-refractivity contribution is -0.141. The number of carbonyl (C=O) groups is 2. The van der Waals surface area contributed by atoms with Gasteiger partial charge in [0.1, 0.15) is 17.7 Å². The summed E-state index contributed by atoms with van der Waals surface area (Å²) >= 11 is 1.61. The number of aromatic nitrogens is 2. The van der Waals surface area contributed by atoms with E-state index in [2.05, 4.69) is 21.5 Å². The van der Waals surface area contributed by atoms with Crippen molar-refractivity contribution in [1.29, 1.82) is 0 Å². The van der Waals surface area contributed by atoms with E-state index in [-0.39, 0.29) is 36.7 Å². The Morgan fingerprint density at radius 3 is 2.60 bits per heavy atom. The topological polar surface area (TPSA) is 109 Å². The minimum atomic E-state index is -0.754. The smallest absolute Gasteiger partial charge is 0.243 e. The van der Waals surface area contributed by atoms with Crippen LogP contribution in [-0.4, -0.2) is 50.7 Å². The number of nitrogens with zero attached hydrogens (tertiary/aromatic N) is 3. The van der Waals surface area contributed by atoms with Gasteiger partial charge in [-0.05, 0) is 43.4 Å². The molecule has 1 saturated heterocycles. The standard InChI is InChI=1S/C26H32N4O4S/c1-14(2)23(22-8-9-28-34-22)26(33)30-12-19(31)11-21(30)25(32)29-16(4)20-7-6-18(10-15(20)3)24-17(5)27-13-35-24/h6-10,13-14,16,19,21,23,31H,11-12H2,1-5H3,(H,29,32)/t16-,19+,21-,23+/m0/s1. The zero-order valence-corrected chi connectivity index (χ0v) is 21.5. The van der Waals surface area contributed by atoms with Crippen molar-refractivity contribution in [2.75, 3.05) is 6.54 Å². The van der Waals surface area contributed by atoms with Gasteiger partial charge in [0, 0.05) is 19.0 Å². The summed E-state index contributed by atoms with van der Waals surface area (Å²) in [5.74, 6) is -0.670. The molecule has 3 aromatic rings. The third kappa shape index (κ3) is 5.16. The number of aryl methyl sites for hydroxylation is 2. The molecule has 4 rings (SSSR count). The lowest BCUT2D eigenvalue weighted by atomic mass is 9.91. The highest BCUT2D eigenvalue weighted by Crippen LogP contribution is 2.32. The van der Waals surface area contributed by atoms with Gasteiger partial charge < -0.3 is 19.8 Å². The summed E-state index contributed by atoms with van der Waals surface area (Å²) < 4.78 is 5.28. The Bertz CT molecular complexity index is 1190. The zero-order chi connectivity index (χ0) is 25.3. The maximum absolute atomic E-state index is 13.5. The number of rotatable bonds is 7. The van der Waals surface area contributed by atoms with Gasteiger partial charge in [0.15, 0.2) is 0 Å². The van der Waals surface area contributed by atoms with Gasteiger partial charge in [0.2, 0.25) is 11.8 Å². The SMILES string of the molecule is Cc1cc(-c2scnc2C)ccc1[C@H](C)NC(=O)[C@@H]1C[C@@H](O)CN1C(=O)[C@@H](c1ccno1)C(C)C. The van der Waals surface area contributed by atoms with Crippen molar-refractivity contribution >= 4 is 23.2 Å². The van der Waals surface area contributed by atoms with Crippen LogP contribution in [0.15, 0.2) is 40.5 Å². The number of likely N-dealkylation sites (tertiary alicyclic amines) is 1. The predicted molar refractivity (Wildman–Crippen MR) is 134 cm³/mol. The molecule has 0 spiro atoms. The third-order valence-electron chi connectivity index (χ3n) is 6.66. The Morgan fingerprint density at radius 2 is 2.00 bits per heavy atom. The van der Waals surface area contributed by atoms with Gasteiger partial charge >= 0.3 is 0 Å². The molecule has 1 fully saturated rings. The highest BCUT2D eigenvalue weighted by molar-refractivity contribution is 7.13. The summed E-state index contributed by atoms with van der Waals surface area (Å²) in [6.45, 7) is 9.92. The first-order chi connectivity index (χ1) is 16.7. The molecule has 0 saturated carbocycles. The molecule has 35 heavy (non-hydrogen) atoms. The van der Waals surface area contributed by atoms with Gasteiger partial charge in [-0.1, -0.05) is 37.2 Å². The van der Waals surface area contributed by atoms with Crippen LogP contribution in [0.2, 0.25) is 0 Å². The lowest BCUT2D eigenvalue weighted by Crippen LogP contribution is -2.48. The number of aliphatic hydroxyl groups is 1. The molecule has 0 bridgehead atoms. The second kappa shape index (κ2) is 10.3. The van der Waals surface area contributed by atoms with E-state index in [4.69, 9.17) is 4.52 Å². The molecule has 1 aromatic carbocycles. The van der Waals surface area contributed by atoms with Crippen LogP contribution < -0.4 is 5.32 Å². The molecule has 9 heteroatoms. The Balaban J connectivity index is 1.50. The predicted octanol–water partition coefficient (Wildman–Crippen LogP) is 3.99. The highest BCUT2D eigenvalue weighted by atomic mass is 32.1. The van der Waals surface area contributed by atoms with Crippen LogP contribution in [-0.2, 0) is 9.59 Å². The molecule has 0 unspecified atom stereocenters. The molecule has 2 N–H and O–H groups in total. The van der Waals surface area contributed by atoms with Crippen LogP contribution in [0.1, 0.15) is 61.7 Å². The summed E-state index contributed by atoms with van der Waals surface area (Å²) in [4.78, 5) is 33.8. The molecule has 1 aliphatic rings. The average Bonchev–Trinajstić information content (AvgIpc) is 3.55. The van der Waals surface area contributed by atoms with Crippen molar-refractivity contribution in [3.63, 3.8) is 0 Å². The zero-order valence-electron chi connectivity index (χ0n) is 20.7. The van der Waals surface area contributed by atoms with Gasteiger partial charge in [-0.15, -0.1) is 11.3 Å². The molecular weight excluding hydrogens is 464 g/mol. The maximum Gasteiger partial charge on any atom is 0.243 e. The van der Waals surface area contributed by atoms with E-state index in [1.54, 1.807) is 17.4 Å². The Labute approximate surface area is 209 Å². The van der Waals surface area contributed by atoms with Crippen molar-refractivity contribution < 1.29 is 19.2 Å². The van der Waals surface area contributed by atoms with Gasteiger partial charge in [0.05, 0.1) is 34.4 Å². The largest absolute Gasteiger partial charge is 0.391 e. The molecule has 0 aliphatic carbocycles. The van der Waals surface area contributed by atoms with Crippen LogP contribution in [0, 0.1) is 19.8 Å². The van der Waals surface area contributed by atoms with Gasteiger partial charge in [-0.3, -0.25) is 9.59 Å². The molecule has 4 atom stereocenters. The normalized spacial score (nSPS) is 19.7. The summed E-state index contributed by atoms with van der Waals surface area (Å²) in [6, 6.07) is 6.85. The minimum absolute atomic E-state index is 0.0563. The lowest BCUT2D eigenvalue weighted by Gasteiger charge is -2.29. The van der Waals surface area contributed by atoms with Crippen LogP contribution in [0.3, 0.4) is 0 Å². The highest BCUT2D eigenvalue weighted by Gasteiger charge is 2.43. The Morgan fingerprint density at radius 1 is 1.23 bits per heavy atom. The van der Waals surface area contributed by atoms with E-state index in [0.29, 0.717) is 5.76 Å². The molecule has 8 nitrogen and oxygen atoms in total. The maximum atomic E-state index is 13.5. The average molecular weight is 497 g/mol. The summed E-state index contributed by atoms with van der Waals surface area (Å²) in [5.41, 5.74) is 6.01. The van der Waals surface area contributed by atoms with E-state index >= 15 is 0 Å². The van der Waals surface area contributed by atoms with Crippen LogP contribution >= 0.6 is 11.3 Å². The fourth-order valence-corrected chi connectivity index (χ4v) is 5.68. The van der Waals surface area contributed by atoms with E-state index in [0.717, 1.165) is 27.3 Å². The van der Waals surface area contributed by atoms with Gasteiger partial charge in [-0.25, -0.2) is 4.98 Å². The van der Waals surface area contributed by atoms with Gasteiger partial charge in [0.25, 0.3) is 0 Å². The second-order valence-electron chi connectivity index (χ2n) is 9.60. The number of nitrogens with one attached hydrogen (secondary N) is 1. The molecule has 1 aliphatic heterocycles. The van der Waals surface area contributed by atoms with E-state index in [1.807, 2.05) is 52.3 Å². The number of thiazole rings is 1. The van der Waals surface area contributed by atoms with Crippen LogP contribution in [0.25, 0.3) is 10.4 Å². The van der Waals surface area contributed by atoms with E-state index in [1.165, 1.54) is 11.1 Å². The minimum Gasteiger partial charge on any atom is -0.391 e. The van der Waals surface area contributed by atoms with Crippen molar-refractivity contribution in [2.24, 2.45) is 5.92 Å².